The minimum atomic E-state index is -0.536. The number of hydrogen-bond acceptors (Lipinski definition) is 2. The fraction of sp³-hybridized carbons (Fsp3) is 0.133. The van der Waals surface area contributed by atoms with Crippen LogP contribution in [0.5, 0.6) is 5.75 Å². The van der Waals surface area contributed by atoms with Gasteiger partial charge in [0.25, 0.3) is 0 Å². The number of ketones is 1. The van der Waals surface area contributed by atoms with Gasteiger partial charge in [0.15, 0.2) is 5.78 Å². The predicted octanol–water partition coefficient (Wildman–Crippen LogP) is 4.40. The van der Waals surface area contributed by atoms with E-state index < -0.39 is 11.6 Å². The van der Waals surface area contributed by atoms with Crippen LogP contribution in [0.25, 0.3) is 0 Å². The van der Waals surface area contributed by atoms with E-state index in [1.54, 1.807) is 6.07 Å². The summed E-state index contributed by atoms with van der Waals surface area (Å²) < 4.78 is 32.1. The quantitative estimate of drug-likeness (QED) is 0.782. The van der Waals surface area contributed by atoms with Crippen molar-refractivity contribution in [3.05, 3.63) is 64.2 Å². The maximum Gasteiger partial charge on any atom is 0.163 e. The molecule has 0 spiro atoms. The molecule has 0 aliphatic carbocycles. The van der Waals surface area contributed by atoms with Crippen molar-refractivity contribution in [2.24, 2.45) is 0 Å². The number of rotatable bonds is 4. The number of halogens is 3. The maximum atomic E-state index is 13.6. The topological polar surface area (TPSA) is 26.3 Å². The maximum absolute atomic E-state index is 13.6. The Hall–Kier alpha value is -1.94. The van der Waals surface area contributed by atoms with Crippen molar-refractivity contribution >= 4 is 17.4 Å². The third-order valence-corrected chi connectivity index (χ3v) is 3.11. The van der Waals surface area contributed by atoms with Crippen molar-refractivity contribution in [2.45, 2.75) is 13.5 Å². The van der Waals surface area contributed by atoms with Gasteiger partial charge in [-0.1, -0.05) is 17.7 Å². The Morgan fingerprint density at radius 1 is 1.25 bits per heavy atom. The van der Waals surface area contributed by atoms with E-state index in [0.717, 1.165) is 6.07 Å². The lowest BCUT2D eigenvalue weighted by molar-refractivity contribution is 0.101. The van der Waals surface area contributed by atoms with E-state index in [9.17, 15) is 13.6 Å². The van der Waals surface area contributed by atoms with Gasteiger partial charge in [0.1, 0.15) is 24.0 Å². The lowest BCUT2D eigenvalue weighted by Gasteiger charge is -2.11. The third kappa shape index (κ3) is 3.14. The molecule has 0 aliphatic rings. The Labute approximate surface area is 119 Å². The van der Waals surface area contributed by atoms with E-state index >= 15 is 0 Å². The summed E-state index contributed by atoms with van der Waals surface area (Å²) >= 11 is 5.88. The molecular weight excluding hydrogens is 286 g/mol. The van der Waals surface area contributed by atoms with E-state index in [1.165, 1.54) is 31.2 Å². The smallest absolute Gasteiger partial charge is 0.163 e. The Kier molecular flexibility index (Phi) is 4.35. The van der Waals surface area contributed by atoms with Gasteiger partial charge in [0, 0.05) is 5.56 Å². The zero-order chi connectivity index (χ0) is 14.7. The summed E-state index contributed by atoms with van der Waals surface area (Å²) in [6.07, 6.45) is 0. The highest BCUT2D eigenvalue weighted by Gasteiger charge is 2.12. The molecule has 5 heteroatoms. The average molecular weight is 297 g/mol. The standard InChI is InChI=1S/C15H11ClF2O2/c1-9(19)11-7-10(17)5-6-15(11)20-8-12-13(16)3-2-4-14(12)18/h2-7H,8H2,1H3. The van der Waals surface area contributed by atoms with Crippen LogP contribution >= 0.6 is 11.6 Å². The third-order valence-electron chi connectivity index (χ3n) is 2.75. The second kappa shape index (κ2) is 6.01. The number of carbonyl (C=O) groups excluding carboxylic acids is 1. The number of ether oxygens (including phenoxy) is 1. The molecule has 2 aromatic rings. The van der Waals surface area contributed by atoms with E-state index in [-0.39, 0.29) is 34.3 Å². The van der Waals surface area contributed by atoms with Crippen molar-refractivity contribution in [1.82, 2.24) is 0 Å². The van der Waals surface area contributed by atoms with Gasteiger partial charge in [0.05, 0.1) is 10.6 Å². The van der Waals surface area contributed by atoms with Crippen LogP contribution in [0.4, 0.5) is 8.78 Å². The van der Waals surface area contributed by atoms with Crippen LogP contribution < -0.4 is 4.74 Å². The van der Waals surface area contributed by atoms with Crippen LogP contribution in [-0.2, 0) is 6.61 Å². The van der Waals surface area contributed by atoms with Crippen LogP contribution in [0.15, 0.2) is 36.4 Å². The molecule has 0 aliphatic heterocycles. The number of Topliss-reactive ketones (excluding diaryl/α,β-unsaturated/α-hetero) is 1. The molecule has 0 amide bonds. The molecule has 2 aromatic carbocycles. The van der Waals surface area contributed by atoms with Crippen molar-refractivity contribution in [3.63, 3.8) is 0 Å². The Bertz CT molecular complexity index is 636. The molecule has 2 nitrogen and oxygen atoms in total. The predicted molar refractivity (Wildman–Crippen MR) is 72.1 cm³/mol. The normalized spacial score (nSPS) is 10.4. The fourth-order valence-corrected chi connectivity index (χ4v) is 1.94. The van der Waals surface area contributed by atoms with Gasteiger partial charge >= 0.3 is 0 Å². The molecule has 0 aromatic heterocycles. The Morgan fingerprint density at radius 3 is 2.65 bits per heavy atom. The van der Waals surface area contributed by atoms with Crippen molar-refractivity contribution in [1.29, 1.82) is 0 Å². The van der Waals surface area contributed by atoms with E-state index in [0.29, 0.717) is 0 Å². The molecule has 0 saturated carbocycles. The highest BCUT2D eigenvalue weighted by Crippen LogP contribution is 2.24. The summed E-state index contributed by atoms with van der Waals surface area (Å²) in [6.45, 7) is 1.16. The van der Waals surface area contributed by atoms with Gasteiger partial charge < -0.3 is 4.74 Å². The molecule has 0 bridgehead atoms. The van der Waals surface area contributed by atoms with E-state index in [1.807, 2.05) is 0 Å². The molecule has 2 rings (SSSR count). The van der Waals surface area contributed by atoms with Gasteiger partial charge in [-0.3, -0.25) is 4.79 Å². The average Bonchev–Trinajstić information content (AvgIpc) is 2.39. The van der Waals surface area contributed by atoms with Gasteiger partial charge in [0.2, 0.25) is 0 Å². The minimum Gasteiger partial charge on any atom is -0.488 e. The summed E-state index contributed by atoms with van der Waals surface area (Å²) in [5.41, 5.74) is 0.297. The number of carbonyl (C=O) groups is 1. The monoisotopic (exact) mass is 296 g/mol. The fourth-order valence-electron chi connectivity index (χ4n) is 1.72. The van der Waals surface area contributed by atoms with Crippen molar-refractivity contribution < 1.29 is 18.3 Å². The number of hydrogen-bond donors (Lipinski definition) is 0. The summed E-state index contributed by atoms with van der Waals surface area (Å²) in [6, 6.07) is 7.88. The summed E-state index contributed by atoms with van der Waals surface area (Å²) in [5.74, 6) is -1.17. The van der Waals surface area contributed by atoms with Crippen molar-refractivity contribution in [2.75, 3.05) is 0 Å². The Morgan fingerprint density at radius 2 is 2.00 bits per heavy atom. The van der Waals surface area contributed by atoms with E-state index in [2.05, 4.69) is 0 Å². The number of benzene rings is 2. The van der Waals surface area contributed by atoms with Crippen LogP contribution in [0, 0.1) is 11.6 Å². The van der Waals surface area contributed by atoms with Crippen LogP contribution in [0.3, 0.4) is 0 Å². The molecular formula is C15H11ClF2O2. The second-order valence-electron chi connectivity index (χ2n) is 4.19. The first-order valence-electron chi connectivity index (χ1n) is 5.85. The van der Waals surface area contributed by atoms with E-state index in [4.69, 9.17) is 16.3 Å². The van der Waals surface area contributed by atoms with Gasteiger partial charge in [-0.25, -0.2) is 8.78 Å². The molecule has 104 valence electrons. The first-order chi connectivity index (χ1) is 9.49. The van der Waals surface area contributed by atoms with Gasteiger partial charge in [-0.2, -0.15) is 0 Å². The highest BCUT2D eigenvalue weighted by molar-refractivity contribution is 6.31. The zero-order valence-corrected chi connectivity index (χ0v) is 11.4. The molecule has 0 fully saturated rings. The van der Waals surface area contributed by atoms with Crippen molar-refractivity contribution in [3.8, 4) is 5.75 Å². The SMILES string of the molecule is CC(=O)c1cc(F)ccc1OCc1c(F)cccc1Cl. The van der Waals surface area contributed by atoms with Gasteiger partial charge in [-0.05, 0) is 37.3 Å². The van der Waals surface area contributed by atoms with Crippen LogP contribution in [0.1, 0.15) is 22.8 Å². The van der Waals surface area contributed by atoms with Crippen LogP contribution in [-0.4, -0.2) is 5.78 Å². The molecule has 0 radical (unpaired) electrons. The Balaban J connectivity index is 2.25. The lowest BCUT2D eigenvalue weighted by atomic mass is 10.1. The lowest BCUT2D eigenvalue weighted by Crippen LogP contribution is -2.04. The highest BCUT2D eigenvalue weighted by atomic mass is 35.5. The zero-order valence-electron chi connectivity index (χ0n) is 10.6. The summed E-state index contributed by atoms with van der Waals surface area (Å²) in [5, 5.41) is 0.233. The van der Waals surface area contributed by atoms with Gasteiger partial charge in [-0.15, -0.1) is 0 Å². The summed E-state index contributed by atoms with van der Waals surface area (Å²) in [4.78, 5) is 11.4. The molecule has 0 unspecified atom stereocenters. The first kappa shape index (κ1) is 14.5. The first-order valence-corrected chi connectivity index (χ1v) is 6.23. The molecule has 0 heterocycles. The summed E-state index contributed by atoms with van der Waals surface area (Å²) in [7, 11) is 0. The molecule has 0 saturated heterocycles. The minimum absolute atomic E-state index is 0.109. The second-order valence-corrected chi connectivity index (χ2v) is 4.59. The largest absolute Gasteiger partial charge is 0.488 e. The molecule has 0 N–H and O–H groups in total. The molecule has 20 heavy (non-hydrogen) atoms. The molecule has 0 atom stereocenters. The van der Waals surface area contributed by atoms with Crippen LogP contribution in [0.2, 0.25) is 5.02 Å².